The highest BCUT2D eigenvalue weighted by molar-refractivity contribution is 5.58. The molecule has 2 N–H and O–H groups in total. The lowest BCUT2D eigenvalue weighted by Crippen LogP contribution is -2.25. The molecule has 0 saturated heterocycles. The van der Waals surface area contributed by atoms with Crippen molar-refractivity contribution in [3.63, 3.8) is 0 Å². The van der Waals surface area contributed by atoms with Crippen molar-refractivity contribution in [2.24, 2.45) is 5.92 Å². The SMILES string of the molecule is CCCCN(CCCC)c1ccc(N)c(CCC(C)C)c1. The maximum atomic E-state index is 6.16. The Morgan fingerprint density at radius 1 is 1.05 bits per heavy atom. The minimum atomic E-state index is 0.726. The average molecular weight is 290 g/mol. The highest BCUT2D eigenvalue weighted by Gasteiger charge is 2.09. The number of hydrogen-bond acceptors (Lipinski definition) is 2. The van der Waals surface area contributed by atoms with Crippen LogP contribution in [0.5, 0.6) is 0 Å². The van der Waals surface area contributed by atoms with Gasteiger partial charge in [0.1, 0.15) is 0 Å². The molecule has 1 rings (SSSR count). The average Bonchev–Trinajstić information content (AvgIpc) is 2.47. The lowest BCUT2D eigenvalue weighted by atomic mass is 10.0. The predicted molar refractivity (Wildman–Crippen MR) is 96.0 cm³/mol. The highest BCUT2D eigenvalue weighted by Crippen LogP contribution is 2.24. The van der Waals surface area contributed by atoms with Crippen LogP contribution in [0.2, 0.25) is 0 Å². The Labute approximate surface area is 131 Å². The summed E-state index contributed by atoms with van der Waals surface area (Å²) in [7, 11) is 0. The van der Waals surface area contributed by atoms with Crippen LogP contribution in [0.3, 0.4) is 0 Å². The molecular weight excluding hydrogens is 256 g/mol. The van der Waals surface area contributed by atoms with Gasteiger partial charge in [-0.2, -0.15) is 0 Å². The second kappa shape index (κ2) is 9.70. The summed E-state index contributed by atoms with van der Waals surface area (Å²) in [5, 5.41) is 0. The van der Waals surface area contributed by atoms with Crippen molar-refractivity contribution in [3.05, 3.63) is 23.8 Å². The number of unbranched alkanes of at least 4 members (excludes halogenated alkanes) is 2. The summed E-state index contributed by atoms with van der Waals surface area (Å²) < 4.78 is 0. The molecule has 0 heterocycles. The fourth-order valence-corrected chi connectivity index (χ4v) is 2.52. The molecule has 1 aromatic carbocycles. The molecule has 0 atom stereocenters. The lowest BCUT2D eigenvalue weighted by Gasteiger charge is -2.25. The van der Waals surface area contributed by atoms with E-state index in [1.165, 1.54) is 43.4 Å². The van der Waals surface area contributed by atoms with Crippen molar-refractivity contribution in [2.45, 2.75) is 66.2 Å². The van der Waals surface area contributed by atoms with E-state index in [4.69, 9.17) is 5.73 Å². The standard InChI is InChI=1S/C19H34N2/c1-5-7-13-21(14-8-6-2)18-11-12-19(20)17(15-18)10-9-16(3)4/h11-12,15-16H,5-10,13-14,20H2,1-4H3. The zero-order chi connectivity index (χ0) is 15.7. The number of anilines is 2. The van der Waals surface area contributed by atoms with Crippen molar-refractivity contribution in [3.8, 4) is 0 Å². The van der Waals surface area contributed by atoms with Crippen molar-refractivity contribution < 1.29 is 0 Å². The van der Waals surface area contributed by atoms with Gasteiger partial charge in [-0.1, -0.05) is 40.5 Å². The number of nitrogens with two attached hydrogens (primary N) is 1. The first-order chi connectivity index (χ1) is 10.1. The molecule has 0 spiro atoms. The van der Waals surface area contributed by atoms with Crippen LogP contribution >= 0.6 is 0 Å². The van der Waals surface area contributed by atoms with Gasteiger partial charge < -0.3 is 10.6 Å². The van der Waals surface area contributed by atoms with E-state index in [-0.39, 0.29) is 0 Å². The highest BCUT2D eigenvalue weighted by atomic mass is 15.1. The zero-order valence-electron chi connectivity index (χ0n) is 14.5. The molecule has 120 valence electrons. The largest absolute Gasteiger partial charge is 0.399 e. The van der Waals surface area contributed by atoms with E-state index in [2.05, 4.69) is 50.8 Å². The third-order valence-electron chi connectivity index (χ3n) is 4.05. The van der Waals surface area contributed by atoms with Crippen molar-refractivity contribution >= 4 is 11.4 Å². The van der Waals surface area contributed by atoms with Gasteiger partial charge in [-0.25, -0.2) is 0 Å². The van der Waals surface area contributed by atoms with Gasteiger partial charge in [0.05, 0.1) is 0 Å². The molecule has 0 aliphatic carbocycles. The third-order valence-corrected chi connectivity index (χ3v) is 4.05. The quantitative estimate of drug-likeness (QED) is 0.595. The van der Waals surface area contributed by atoms with Gasteiger partial charge in [-0.15, -0.1) is 0 Å². The summed E-state index contributed by atoms with van der Waals surface area (Å²) in [5.74, 6) is 0.726. The number of rotatable bonds is 10. The van der Waals surface area contributed by atoms with Crippen molar-refractivity contribution in [1.82, 2.24) is 0 Å². The Morgan fingerprint density at radius 2 is 1.67 bits per heavy atom. The number of aryl methyl sites for hydroxylation is 1. The molecule has 2 nitrogen and oxygen atoms in total. The van der Waals surface area contributed by atoms with E-state index < -0.39 is 0 Å². The molecule has 0 radical (unpaired) electrons. The van der Waals surface area contributed by atoms with Crippen LogP contribution in [0.1, 0.15) is 65.4 Å². The first kappa shape index (κ1) is 17.9. The zero-order valence-corrected chi connectivity index (χ0v) is 14.5. The molecule has 0 unspecified atom stereocenters. The fourth-order valence-electron chi connectivity index (χ4n) is 2.52. The van der Waals surface area contributed by atoms with Gasteiger partial charge in [0.25, 0.3) is 0 Å². The van der Waals surface area contributed by atoms with Crippen LogP contribution in [-0.2, 0) is 6.42 Å². The molecule has 0 aromatic heterocycles. The molecule has 0 fully saturated rings. The summed E-state index contributed by atoms with van der Waals surface area (Å²) in [6, 6.07) is 6.61. The number of nitrogens with zero attached hydrogens (tertiary/aromatic N) is 1. The molecule has 0 aliphatic heterocycles. The molecule has 21 heavy (non-hydrogen) atoms. The van der Waals surface area contributed by atoms with E-state index in [0.29, 0.717) is 0 Å². The molecule has 0 bridgehead atoms. The molecular formula is C19H34N2. The predicted octanol–water partition coefficient (Wildman–Crippen LogP) is 5.26. The van der Waals surface area contributed by atoms with Crippen LogP contribution in [-0.4, -0.2) is 13.1 Å². The van der Waals surface area contributed by atoms with Crippen molar-refractivity contribution in [1.29, 1.82) is 0 Å². The van der Waals surface area contributed by atoms with E-state index >= 15 is 0 Å². The molecule has 0 saturated carbocycles. The van der Waals surface area contributed by atoms with Gasteiger partial charge >= 0.3 is 0 Å². The van der Waals surface area contributed by atoms with Gasteiger partial charge in [-0.05, 0) is 55.4 Å². The Morgan fingerprint density at radius 3 is 2.19 bits per heavy atom. The topological polar surface area (TPSA) is 29.3 Å². The maximum Gasteiger partial charge on any atom is 0.0370 e. The van der Waals surface area contributed by atoms with Gasteiger partial charge in [0.2, 0.25) is 0 Å². The third kappa shape index (κ3) is 6.41. The second-order valence-electron chi connectivity index (χ2n) is 6.51. The number of nitrogen functional groups attached to an aromatic ring is 1. The minimum Gasteiger partial charge on any atom is -0.399 e. The van der Waals surface area contributed by atoms with Crippen LogP contribution in [0.25, 0.3) is 0 Å². The summed E-state index contributed by atoms with van der Waals surface area (Å²) in [4.78, 5) is 2.53. The summed E-state index contributed by atoms with van der Waals surface area (Å²) in [5.41, 5.74) is 9.78. The minimum absolute atomic E-state index is 0.726. The van der Waals surface area contributed by atoms with Gasteiger partial charge in [-0.3, -0.25) is 0 Å². The first-order valence-electron chi connectivity index (χ1n) is 8.71. The van der Waals surface area contributed by atoms with Crippen molar-refractivity contribution in [2.75, 3.05) is 23.7 Å². The summed E-state index contributed by atoms with van der Waals surface area (Å²) >= 11 is 0. The molecule has 0 aliphatic rings. The summed E-state index contributed by atoms with van der Waals surface area (Å²) in [6.07, 6.45) is 7.31. The molecule has 0 amide bonds. The molecule has 2 heteroatoms. The smallest absolute Gasteiger partial charge is 0.0370 e. The van der Waals surface area contributed by atoms with Gasteiger partial charge in [0, 0.05) is 24.5 Å². The van der Waals surface area contributed by atoms with E-state index in [1.54, 1.807) is 0 Å². The van der Waals surface area contributed by atoms with E-state index in [1.807, 2.05) is 0 Å². The Balaban J connectivity index is 2.83. The maximum absolute atomic E-state index is 6.16. The van der Waals surface area contributed by atoms with Crippen LogP contribution in [0.4, 0.5) is 11.4 Å². The number of benzene rings is 1. The fraction of sp³-hybridized carbons (Fsp3) is 0.684. The second-order valence-corrected chi connectivity index (χ2v) is 6.51. The van der Waals surface area contributed by atoms with Crippen LogP contribution < -0.4 is 10.6 Å². The van der Waals surface area contributed by atoms with E-state index in [9.17, 15) is 0 Å². The Kier molecular flexibility index (Phi) is 8.26. The van der Waals surface area contributed by atoms with Gasteiger partial charge in [0.15, 0.2) is 0 Å². The number of hydrogen-bond donors (Lipinski definition) is 1. The Hall–Kier alpha value is -1.18. The van der Waals surface area contributed by atoms with Crippen LogP contribution in [0.15, 0.2) is 18.2 Å². The Bertz CT molecular complexity index is 391. The summed E-state index contributed by atoms with van der Waals surface area (Å²) in [6.45, 7) is 11.4. The lowest BCUT2D eigenvalue weighted by molar-refractivity contribution is 0.587. The van der Waals surface area contributed by atoms with Crippen LogP contribution in [0, 0.1) is 5.92 Å². The monoisotopic (exact) mass is 290 g/mol. The molecule has 1 aromatic rings. The van der Waals surface area contributed by atoms with E-state index in [0.717, 1.165) is 31.1 Å². The normalized spacial score (nSPS) is 11.1. The first-order valence-corrected chi connectivity index (χ1v) is 8.71.